The fourth-order valence-electron chi connectivity index (χ4n) is 6.94. The first-order chi connectivity index (χ1) is 23.5. The molecule has 7 rings (SSSR count). The van der Waals surface area contributed by atoms with Gasteiger partial charge in [-0.05, 0) is 73.0 Å². The van der Waals surface area contributed by atoms with Gasteiger partial charge in [-0.2, -0.15) is 4.98 Å². The van der Waals surface area contributed by atoms with E-state index >= 15 is 0 Å². The van der Waals surface area contributed by atoms with Crippen LogP contribution >= 0.6 is 24.9 Å². The average Bonchev–Trinajstić information content (AvgIpc) is 3.83. The Kier molecular flexibility index (Phi) is 9.92. The van der Waals surface area contributed by atoms with E-state index in [2.05, 4.69) is 52.8 Å². The number of methoxy groups -OCH3 is 1. The molecular weight excluding hydrogens is 720 g/mol. The number of rotatable bonds is 12. The number of nitrogen functional groups attached to an aromatic ring is 1. The van der Waals surface area contributed by atoms with E-state index in [-0.39, 0.29) is 42.3 Å². The molecule has 1 saturated heterocycles. The van der Waals surface area contributed by atoms with Crippen molar-refractivity contribution in [2.24, 2.45) is 5.92 Å². The largest absolute Gasteiger partial charge is 0.389 e. The van der Waals surface area contributed by atoms with Crippen molar-refractivity contribution in [2.75, 3.05) is 44.2 Å². The van der Waals surface area contributed by atoms with Gasteiger partial charge in [0.2, 0.25) is 5.95 Å². The Bertz CT molecular complexity index is 2000. The van der Waals surface area contributed by atoms with Gasteiger partial charge in [0, 0.05) is 25.9 Å². The third kappa shape index (κ3) is 7.06. The number of fused-ring (bicyclic) bond motifs is 1. The summed E-state index contributed by atoms with van der Waals surface area (Å²) >= 11 is 5.55. The highest BCUT2D eigenvalue weighted by molar-refractivity contribution is 8.54. The van der Waals surface area contributed by atoms with Gasteiger partial charge in [-0.3, -0.25) is 18.9 Å². The number of aromatic amines is 1. The lowest BCUT2D eigenvalue weighted by molar-refractivity contribution is -0.0499. The van der Waals surface area contributed by atoms with E-state index in [0.717, 1.165) is 66.9 Å². The third-order valence-corrected chi connectivity index (χ3v) is 13.3. The van der Waals surface area contributed by atoms with Crippen LogP contribution in [0.25, 0.3) is 22.2 Å². The lowest BCUT2D eigenvalue weighted by Crippen LogP contribution is -2.37. The van der Waals surface area contributed by atoms with Crippen molar-refractivity contribution < 1.29 is 37.4 Å². The first-order valence-corrected chi connectivity index (χ1v) is 21.6. The molecule has 2 fully saturated rings. The highest BCUT2D eigenvalue weighted by Gasteiger charge is 2.51. The number of anilines is 2. The molecule has 3 aliphatic rings. The van der Waals surface area contributed by atoms with Crippen LogP contribution in [0.5, 0.6) is 0 Å². The molecule has 49 heavy (non-hydrogen) atoms. The second-order valence-electron chi connectivity index (χ2n) is 12.2. The summed E-state index contributed by atoms with van der Waals surface area (Å²) in [7, 11) is 1.40. The van der Waals surface area contributed by atoms with Crippen LogP contribution in [0.1, 0.15) is 43.5 Å². The molecule has 0 spiro atoms. The minimum atomic E-state index is -4.05. The monoisotopic (exact) mass is 757 g/mol. The number of H-pyrrole nitrogens is 1. The summed E-state index contributed by atoms with van der Waals surface area (Å²) in [6.07, 6.45) is 7.13. The molecule has 2 unspecified atom stereocenters. The number of aromatic nitrogens is 7. The minimum Gasteiger partial charge on any atom is -0.376 e. The number of nitrogens with one attached hydrogen (secondary N) is 2. The van der Waals surface area contributed by atoms with Gasteiger partial charge in [-0.15, -0.1) is 0 Å². The molecule has 0 amide bonds. The first kappa shape index (κ1) is 34.9. The van der Waals surface area contributed by atoms with Gasteiger partial charge in [0.05, 0.1) is 24.9 Å². The van der Waals surface area contributed by atoms with Crippen LogP contribution in [0.2, 0.25) is 0 Å². The number of nitrogens with zero attached hydrogens (tertiary/aromatic N) is 6. The predicted octanol–water partition coefficient (Wildman–Crippen LogP) is 2.86. The van der Waals surface area contributed by atoms with Gasteiger partial charge >= 0.3 is 13.5 Å². The fraction of sp³-hybridized carbons (Fsp3) is 0.593. The maximum absolute atomic E-state index is 14.3. The molecule has 0 radical (unpaired) electrons. The summed E-state index contributed by atoms with van der Waals surface area (Å²) < 4.78 is 47.3. The summed E-state index contributed by atoms with van der Waals surface area (Å²) in [6, 6.07) is 0.197. The second-order valence-corrected chi connectivity index (χ2v) is 19.0. The molecule has 0 aromatic carbocycles. The fourth-order valence-corrected chi connectivity index (χ4v) is 9.68. The van der Waals surface area contributed by atoms with Gasteiger partial charge in [0.15, 0.2) is 17.4 Å². The zero-order chi connectivity index (χ0) is 34.5. The quantitative estimate of drug-likeness (QED) is 0.131. The number of hydrogen-bond donors (Lipinski definition) is 5. The van der Waals surface area contributed by atoms with Gasteiger partial charge in [-0.1, -0.05) is 0 Å². The number of ether oxygens (including phenoxy) is 2. The predicted molar refractivity (Wildman–Crippen MR) is 185 cm³/mol. The van der Waals surface area contributed by atoms with Gasteiger partial charge in [-0.25, -0.2) is 19.5 Å². The summed E-state index contributed by atoms with van der Waals surface area (Å²) in [5, 5.41) is 4.49. The Morgan fingerprint density at radius 3 is 2.78 bits per heavy atom. The Balaban J connectivity index is 1.10. The molecule has 7 atom stereocenters. The topological polar surface area (TPSA) is 236 Å². The van der Waals surface area contributed by atoms with Crippen LogP contribution in [0.4, 0.5) is 11.8 Å². The maximum Gasteiger partial charge on any atom is 0.389 e. The lowest BCUT2D eigenvalue weighted by atomic mass is 10.1. The van der Waals surface area contributed by atoms with E-state index in [0.29, 0.717) is 0 Å². The van der Waals surface area contributed by atoms with E-state index < -0.39 is 43.6 Å². The molecule has 2 aliphatic heterocycles. The van der Waals surface area contributed by atoms with Crippen molar-refractivity contribution in [1.29, 1.82) is 0 Å². The van der Waals surface area contributed by atoms with Crippen LogP contribution < -0.4 is 16.6 Å². The molecule has 0 bridgehead atoms. The van der Waals surface area contributed by atoms with E-state index in [4.69, 9.17) is 28.8 Å². The van der Waals surface area contributed by atoms with Crippen molar-refractivity contribution in [3.8, 4) is 0 Å². The van der Waals surface area contributed by atoms with Crippen molar-refractivity contribution in [1.82, 2.24) is 34.1 Å². The zero-order valence-electron chi connectivity index (χ0n) is 26.6. The highest BCUT2D eigenvalue weighted by Crippen LogP contribution is 2.62. The summed E-state index contributed by atoms with van der Waals surface area (Å²) in [4.78, 5) is 51.8. The Morgan fingerprint density at radius 1 is 1.16 bits per heavy atom. The van der Waals surface area contributed by atoms with E-state index in [9.17, 15) is 19.1 Å². The molecule has 1 aliphatic carbocycles. The van der Waals surface area contributed by atoms with E-state index in [1.54, 1.807) is 12.6 Å². The second kappa shape index (κ2) is 13.9. The Labute approximate surface area is 289 Å². The van der Waals surface area contributed by atoms with E-state index in [1.165, 1.54) is 23.6 Å². The molecule has 266 valence electrons. The maximum atomic E-state index is 14.3. The molecule has 22 heteroatoms. The van der Waals surface area contributed by atoms with Crippen LogP contribution in [0, 0.1) is 5.92 Å². The molecule has 1 saturated carbocycles. The Hall–Kier alpha value is -2.48. The van der Waals surface area contributed by atoms with Gasteiger partial charge in [0.25, 0.3) is 5.56 Å². The third-order valence-electron chi connectivity index (χ3n) is 9.14. The SMILES string of the molecule is CO[C@H]1[C@@H](OP(=O)(OC[C@@H]2CCC(n3cc4c5c(ncnc53)NCCC4)C2)SC)[C@H](n2cnc3c(=O)[nH]c(N)nc32)O[C@@H]1COP(O)(O)=S. The van der Waals surface area contributed by atoms with Crippen molar-refractivity contribution >= 4 is 70.7 Å². The number of nitrogens with two attached hydrogens (primary N) is 1. The molecule has 6 N–H and O–H groups in total. The lowest BCUT2D eigenvalue weighted by Gasteiger charge is -2.28. The molecule has 4 aromatic heterocycles. The average molecular weight is 758 g/mol. The number of hydrogen-bond acceptors (Lipinski definition) is 15. The number of imidazole rings is 1. The minimum absolute atomic E-state index is 0.00905. The smallest absolute Gasteiger partial charge is 0.376 e. The van der Waals surface area contributed by atoms with Gasteiger partial charge in [0.1, 0.15) is 36.1 Å². The van der Waals surface area contributed by atoms with Gasteiger partial charge < -0.3 is 43.9 Å². The van der Waals surface area contributed by atoms with Crippen molar-refractivity contribution in [3.63, 3.8) is 0 Å². The van der Waals surface area contributed by atoms with Crippen LogP contribution in [-0.2, 0) is 45.8 Å². The summed E-state index contributed by atoms with van der Waals surface area (Å²) in [5.74, 6) is 0.827. The van der Waals surface area contributed by atoms with Crippen molar-refractivity contribution in [2.45, 2.75) is 62.7 Å². The summed E-state index contributed by atoms with van der Waals surface area (Å²) in [5.41, 5.74) is 7.49. The first-order valence-electron chi connectivity index (χ1n) is 15.6. The highest BCUT2D eigenvalue weighted by atomic mass is 32.7. The number of aryl methyl sites for hydroxylation is 1. The summed E-state index contributed by atoms with van der Waals surface area (Å²) in [6.45, 7) is -7.24. The Morgan fingerprint density at radius 2 is 2.00 bits per heavy atom. The van der Waals surface area contributed by atoms with Crippen LogP contribution in [0.15, 0.2) is 23.6 Å². The zero-order valence-corrected chi connectivity index (χ0v) is 30.0. The van der Waals surface area contributed by atoms with E-state index in [1.807, 2.05) is 0 Å². The molecule has 4 aromatic rings. The normalized spacial score (nSPS) is 27.0. The molecule has 6 heterocycles. The van der Waals surface area contributed by atoms with Crippen LogP contribution in [-0.4, -0.2) is 95.3 Å². The molecular formula is C27H37N9O9P2S2. The van der Waals surface area contributed by atoms with Crippen LogP contribution in [0.3, 0.4) is 0 Å². The standard InChI is InChI=1S/C27H37N9O9P2S2/c1-41-20-17(11-42-46(38,39)48)44-26(36-13-32-19-24(36)33-27(28)34-25(19)37)21(20)45-47(40,49-2)43-10-14-5-6-16(8-14)35-9-15-4-3-7-29-22-18(15)23(35)31-12-30-22/h9,12-14,16-17,20-21,26H,3-8,10-11H2,1-2H3,(H,29,30,31)(H2,38,39,48)(H3,28,33,34,37)/t14-,16?,17-,20-,21-,26-,47?/m1/s1. The van der Waals surface area contributed by atoms with Crippen molar-refractivity contribution in [3.05, 3.63) is 34.8 Å². The molecule has 18 nitrogen and oxygen atoms in total.